The van der Waals surface area contributed by atoms with E-state index in [-0.39, 0.29) is 31.3 Å². The highest BCUT2D eigenvalue weighted by Crippen LogP contribution is 2.30. The Morgan fingerprint density at radius 1 is 1.18 bits per heavy atom. The van der Waals surface area contributed by atoms with Gasteiger partial charge in [-0.25, -0.2) is 0 Å². The highest BCUT2D eigenvalue weighted by atomic mass is 19.4. The highest BCUT2D eigenvalue weighted by molar-refractivity contribution is 5.89. The van der Waals surface area contributed by atoms with Gasteiger partial charge in [-0.05, 0) is 31.5 Å². The van der Waals surface area contributed by atoms with Gasteiger partial charge < -0.3 is 9.80 Å². The van der Waals surface area contributed by atoms with Crippen LogP contribution in [-0.4, -0.2) is 65.3 Å². The molecule has 1 atom stereocenters. The van der Waals surface area contributed by atoms with Crippen molar-refractivity contribution in [3.63, 3.8) is 0 Å². The standard InChI is InChI=1S/C20H26F3N3O2/c1-14(2)24-6-8-25(9-7-24)19(28)16-11-18(27)26(13-16)12-15-4-3-5-17(10-15)20(21,22)23/h3-5,10,14,16H,6-9,11-13H2,1-2H3/t16-/m1/s1. The lowest BCUT2D eigenvalue weighted by Crippen LogP contribution is -2.52. The Balaban J connectivity index is 1.59. The summed E-state index contributed by atoms with van der Waals surface area (Å²) in [4.78, 5) is 30.7. The normalized spacial score (nSPS) is 21.6. The summed E-state index contributed by atoms with van der Waals surface area (Å²) in [7, 11) is 0. The van der Waals surface area contributed by atoms with Gasteiger partial charge in [0.25, 0.3) is 0 Å². The maximum absolute atomic E-state index is 12.9. The van der Waals surface area contributed by atoms with Crippen LogP contribution in [0.2, 0.25) is 0 Å². The van der Waals surface area contributed by atoms with Crippen LogP contribution in [0.4, 0.5) is 13.2 Å². The molecule has 2 aliphatic heterocycles. The zero-order valence-electron chi connectivity index (χ0n) is 16.2. The zero-order valence-corrected chi connectivity index (χ0v) is 16.2. The molecule has 2 aliphatic rings. The first-order valence-electron chi connectivity index (χ1n) is 9.62. The first kappa shape index (κ1) is 20.6. The average Bonchev–Trinajstić information content (AvgIpc) is 3.01. The van der Waals surface area contributed by atoms with Gasteiger partial charge in [0.1, 0.15) is 0 Å². The number of amides is 2. The van der Waals surface area contributed by atoms with E-state index in [1.807, 2.05) is 4.90 Å². The van der Waals surface area contributed by atoms with Crippen LogP contribution in [0, 0.1) is 5.92 Å². The molecule has 5 nitrogen and oxygen atoms in total. The monoisotopic (exact) mass is 397 g/mol. The summed E-state index contributed by atoms with van der Waals surface area (Å²) < 4.78 is 38.6. The molecule has 28 heavy (non-hydrogen) atoms. The summed E-state index contributed by atoms with van der Waals surface area (Å²) in [5.74, 6) is -0.622. The fourth-order valence-electron chi connectivity index (χ4n) is 3.87. The van der Waals surface area contributed by atoms with E-state index < -0.39 is 17.7 Å². The van der Waals surface area contributed by atoms with Crippen molar-refractivity contribution in [1.82, 2.24) is 14.7 Å². The molecule has 2 saturated heterocycles. The van der Waals surface area contributed by atoms with Crippen molar-refractivity contribution in [2.24, 2.45) is 5.92 Å². The van der Waals surface area contributed by atoms with E-state index in [2.05, 4.69) is 18.7 Å². The molecule has 0 bridgehead atoms. The molecule has 0 saturated carbocycles. The van der Waals surface area contributed by atoms with E-state index in [9.17, 15) is 22.8 Å². The molecular formula is C20H26F3N3O2. The van der Waals surface area contributed by atoms with Crippen molar-refractivity contribution in [2.45, 2.75) is 39.0 Å². The third-order valence-electron chi connectivity index (χ3n) is 5.55. The fraction of sp³-hybridized carbons (Fsp3) is 0.600. The molecule has 0 spiro atoms. The number of rotatable bonds is 4. The number of likely N-dealkylation sites (tertiary alicyclic amines) is 1. The molecule has 2 amide bonds. The lowest BCUT2D eigenvalue weighted by atomic mass is 10.1. The van der Waals surface area contributed by atoms with Crippen molar-refractivity contribution >= 4 is 11.8 Å². The summed E-state index contributed by atoms with van der Waals surface area (Å²) in [6, 6.07) is 5.43. The van der Waals surface area contributed by atoms with Gasteiger partial charge in [-0.15, -0.1) is 0 Å². The van der Waals surface area contributed by atoms with Gasteiger partial charge in [0.05, 0.1) is 11.5 Å². The van der Waals surface area contributed by atoms with Crippen LogP contribution in [0.3, 0.4) is 0 Å². The van der Waals surface area contributed by atoms with Crippen LogP contribution < -0.4 is 0 Å². The van der Waals surface area contributed by atoms with Crippen LogP contribution in [-0.2, 0) is 22.3 Å². The summed E-state index contributed by atoms with van der Waals surface area (Å²) >= 11 is 0. The molecule has 0 aromatic heterocycles. The number of carbonyl (C=O) groups is 2. The van der Waals surface area contributed by atoms with E-state index in [0.29, 0.717) is 24.7 Å². The number of hydrogen-bond acceptors (Lipinski definition) is 3. The summed E-state index contributed by atoms with van der Waals surface area (Å²) in [6.45, 7) is 7.53. The molecule has 1 aromatic carbocycles. The van der Waals surface area contributed by atoms with Crippen LogP contribution >= 0.6 is 0 Å². The molecule has 2 fully saturated rings. The minimum absolute atomic E-state index is 0.0247. The van der Waals surface area contributed by atoms with Crippen molar-refractivity contribution in [3.05, 3.63) is 35.4 Å². The molecule has 0 aliphatic carbocycles. The molecule has 0 unspecified atom stereocenters. The number of piperazine rings is 1. The number of nitrogens with zero attached hydrogens (tertiary/aromatic N) is 3. The van der Waals surface area contributed by atoms with Crippen LogP contribution in [0.1, 0.15) is 31.4 Å². The minimum Gasteiger partial charge on any atom is -0.340 e. The molecule has 8 heteroatoms. The smallest absolute Gasteiger partial charge is 0.340 e. The Morgan fingerprint density at radius 2 is 1.86 bits per heavy atom. The second-order valence-electron chi connectivity index (χ2n) is 7.83. The molecule has 0 N–H and O–H groups in total. The third-order valence-corrected chi connectivity index (χ3v) is 5.55. The van der Waals surface area contributed by atoms with Gasteiger partial charge in [-0.1, -0.05) is 12.1 Å². The third kappa shape index (κ3) is 4.66. The van der Waals surface area contributed by atoms with Gasteiger partial charge in [0.15, 0.2) is 0 Å². The number of carbonyl (C=O) groups excluding carboxylic acids is 2. The van der Waals surface area contributed by atoms with Crippen LogP contribution in [0.15, 0.2) is 24.3 Å². The van der Waals surface area contributed by atoms with Crippen LogP contribution in [0.25, 0.3) is 0 Å². The number of halogens is 3. The highest BCUT2D eigenvalue weighted by Gasteiger charge is 2.37. The average molecular weight is 397 g/mol. The van der Waals surface area contributed by atoms with Crippen LogP contribution in [0.5, 0.6) is 0 Å². The van der Waals surface area contributed by atoms with Crippen molar-refractivity contribution in [2.75, 3.05) is 32.7 Å². The number of hydrogen-bond donors (Lipinski definition) is 0. The van der Waals surface area contributed by atoms with Gasteiger partial charge in [0.2, 0.25) is 11.8 Å². The van der Waals surface area contributed by atoms with E-state index in [0.717, 1.165) is 25.2 Å². The van der Waals surface area contributed by atoms with Crippen molar-refractivity contribution in [1.29, 1.82) is 0 Å². The summed E-state index contributed by atoms with van der Waals surface area (Å²) in [5, 5.41) is 0. The van der Waals surface area contributed by atoms with E-state index in [1.54, 1.807) is 6.07 Å². The molecule has 2 heterocycles. The summed E-state index contributed by atoms with van der Waals surface area (Å²) in [5.41, 5.74) is -0.311. The maximum Gasteiger partial charge on any atom is 0.416 e. The lowest BCUT2D eigenvalue weighted by Gasteiger charge is -2.37. The molecular weight excluding hydrogens is 371 g/mol. The minimum atomic E-state index is -4.42. The predicted octanol–water partition coefficient (Wildman–Crippen LogP) is 2.61. The topological polar surface area (TPSA) is 43.9 Å². The van der Waals surface area contributed by atoms with Crippen molar-refractivity contribution in [3.8, 4) is 0 Å². The van der Waals surface area contributed by atoms with E-state index >= 15 is 0 Å². The second-order valence-corrected chi connectivity index (χ2v) is 7.83. The lowest BCUT2D eigenvalue weighted by molar-refractivity contribution is -0.138. The Hall–Kier alpha value is -2.09. The van der Waals surface area contributed by atoms with Crippen molar-refractivity contribution < 1.29 is 22.8 Å². The molecule has 154 valence electrons. The zero-order chi connectivity index (χ0) is 20.5. The Kier molecular flexibility index (Phi) is 5.98. The Bertz CT molecular complexity index is 728. The Morgan fingerprint density at radius 3 is 2.46 bits per heavy atom. The van der Waals surface area contributed by atoms with Gasteiger partial charge in [0, 0.05) is 51.7 Å². The first-order chi connectivity index (χ1) is 13.1. The first-order valence-corrected chi connectivity index (χ1v) is 9.62. The SMILES string of the molecule is CC(C)N1CCN(C(=O)[C@@H]2CC(=O)N(Cc3cccc(C(F)(F)F)c3)C2)CC1. The largest absolute Gasteiger partial charge is 0.416 e. The van der Waals surface area contributed by atoms with Gasteiger partial charge in [-0.3, -0.25) is 14.5 Å². The molecule has 0 radical (unpaired) electrons. The molecule has 3 rings (SSSR count). The summed E-state index contributed by atoms with van der Waals surface area (Å²) in [6.07, 6.45) is -4.29. The van der Waals surface area contributed by atoms with E-state index in [4.69, 9.17) is 0 Å². The predicted molar refractivity (Wildman–Crippen MR) is 98.3 cm³/mol. The fourth-order valence-corrected chi connectivity index (χ4v) is 3.87. The maximum atomic E-state index is 12.9. The quantitative estimate of drug-likeness (QED) is 0.785. The number of alkyl halides is 3. The van der Waals surface area contributed by atoms with Gasteiger partial charge in [-0.2, -0.15) is 13.2 Å². The van der Waals surface area contributed by atoms with E-state index in [1.165, 1.54) is 11.0 Å². The second kappa shape index (κ2) is 8.11. The van der Waals surface area contributed by atoms with Gasteiger partial charge >= 0.3 is 6.18 Å². The molecule has 1 aromatic rings. The Labute approximate surface area is 163 Å². The number of benzene rings is 1.